The fraction of sp³-hybridized carbons (Fsp3) is 0.636. The van der Waals surface area contributed by atoms with E-state index in [-0.39, 0.29) is 42.2 Å². The van der Waals surface area contributed by atoms with Crippen LogP contribution in [0.15, 0.2) is 18.2 Å². The van der Waals surface area contributed by atoms with Gasteiger partial charge in [0, 0.05) is 24.6 Å². The summed E-state index contributed by atoms with van der Waals surface area (Å²) in [7, 11) is 0. The van der Waals surface area contributed by atoms with Crippen molar-refractivity contribution in [1.29, 1.82) is 0 Å². The van der Waals surface area contributed by atoms with E-state index in [4.69, 9.17) is 5.11 Å². The number of carbonyl (C=O) groups excluding carboxylic acids is 1. The molecule has 0 aromatic heterocycles. The van der Waals surface area contributed by atoms with E-state index in [1.165, 1.54) is 4.90 Å². The van der Waals surface area contributed by atoms with E-state index >= 15 is 0 Å². The molecular weight excluding hydrogens is 459 g/mol. The molecule has 4 rings (SSSR count). The molecule has 1 aliphatic heterocycles. The van der Waals surface area contributed by atoms with Gasteiger partial charge in [-0.05, 0) is 55.1 Å². The normalized spacial score (nSPS) is 27.9. The van der Waals surface area contributed by atoms with E-state index in [9.17, 15) is 40.3 Å². The van der Waals surface area contributed by atoms with Crippen molar-refractivity contribution in [2.75, 3.05) is 13.1 Å². The van der Waals surface area contributed by atoms with Crippen LogP contribution in [0.1, 0.15) is 48.3 Å². The lowest BCUT2D eigenvalue weighted by Crippen LogP contribution is -2.50. The van der Waals surface area contributed by atoms with E-state index in [2.05, 4.69) is 0 Å². The molecule has 4 nitrogen and oxygen atoms in total. The fourth-order valence-electron chi connectivity index (χ4n) is 5.77. The molecule has 0 bridgehead atoms. The quantitative estimate of drug-likeness (QED) is 0.621. The largest absolute Gasteiger partial charge is 0.481 e. The number of alkyl halides is 7. The molecule has 33 heavy (non-hydrogen) atoms. The lowest BCUT2D eigenvalue weighted by molar-refractivity contribution is -0.348. The first-order chi connectivity index (χ1) is 15.3. The fourth-order valence-corrected chi connectivity index (χ4v) is 5.77. The predicted molar refractivity (Wildman–Crippen MR) is 101 cm³/mol. The summed E-state index contributed by atoms with van der Waals surface area (Å²) < 4.78 is 93.2. The van der Waals surface area contributed by atoms with Crippen LogP contribution in [0.4, 0.5) is 30.7 Å². The molecule has 182 valence electrons. The van der Waals surface area contributed by atoms with Crippen LogP contribution in [-0.4, -0.2) is 47.3 Å². The summed E-state index contributed by atoms with van der Waals surface area (Å²) in [6, 6.07) is 2.35. The SMILES string of the molecule is O=C(O)C1CCN(C(=O)[C@@H]2CCC3c4ccc(C(F)(C(F)(F)F)C(F)(F)F)cc4CCC32)C1. The first-order valence-electron chi connectivity index (χ1n) is 10.7. The van der Waals surface area contributed by atoms with Gasteiger partial charge in [-0.1, -0.05) is 18.2 Å². The van der Waals surface area contributed by atoms with Gasteiger partial charge in [0.15, 0.2) is 0 Å². The third-order valence-electron chi connectivity index (χ3n) is 7.46. The number of likely N-dealkylation sites (tertiary alicyclic amines) is 1. The average molecular weight is 481 g/mol. The Morgan fingerprint density at radius 2 is 1.61 bits per heavy atom. The van der Waals surface area contributed by atoms with Crippen molar-refractivity contribution in [3.63, 3.8) is 0 Å². The second-order valence-electron chi connectivity index (χ2n) is 9.17. The van der Waals surface area contributed by atoms with E-state index in [1.807, 2.05) is 0 Å². The van der Waals surface area contributed by atoms with Gasteiger partial charge in [0.25, 0.3) is 0 Å². The molecule has 1 saturated heterocycles. The minimum Gasteiger partial charge on any atom is -0.481 e. The number of hydrogen-bond acceptors (Lipinski definition) is 2. The molecular formula is C22H22F7NO3. The topological polar surface area (TPSA) is 57.6 Å². The number of halogens is 7. The summed E-state index contributed by atoms with van der Waals surface area (Å²) in [5.41, 5.74) is -6.15. The number of aliphatic carboxylic acids is 1. The summed E-state index contributed by atoms with van der Waals surface area (Å²) in [5, 5.41) is 9.15. The van der Waals surface area contributed by atoms with Crippen LogP contribution in [0.5, 0.6) is 0 Å². The molecule has 1 heterocycles. The number of benzene rings is 1. The highest BCUT2D eigenvalue weighted by atomic mass is 19.4. The first-order valence-corrected chi connectivity index (χ1v) is 10.7. The zero-order valence-corrected chi connectivity index (χ0v) is 17.3. The molecule has 1 N–H and O–H groups in total. The molecule has 3 unspecified atom stereocenters. The minimum absolute atomic E-state index is 0.134. The lowest BCUT2D eigenvalue weighted by atomic mass is 9.73. The maximum atomic E-state index is 14.5. The smallest absolute Gasteiger partial charge is 0.435 e. The van der Waals surface area contributed by atoms with Gasteiger partial charge in [-0.3, -0.25) is 9.59 Å². The van der Waals surface area contributed by atoms with Crippen molar-refractivity contribution in [3.05, 3.63) is 34.9 Å². The van der Waals surface area contributed by atoms with Gasteiger partial charge in [-0.15, -0.1) is 0 Å². The Kier molecular flexibility index (Phi) is 5.68. The van der Waals surface area contributed by atoms with E-state index in [1.54, 1.807) is 0 Å². The van der Waals surface area contributed by atoms with Gasteiger partial charge >= 0.3 is 24.0 Å². The summed E-state index contributed by atoms with van der Waals surface area (Å²) in [5.74, 6) is -2.46. The van der Waals surface area contributed by atoms with Crippen molar-refractivity contribution < 1.29 is 45.4 Å². The van der Waals surface area contributed by atoms with Gasteiger partial charge in [-0.25, -0.2) is 4.39 Å². The summed E-state index contributed by atoms with van der Waals surface area (Å²) in [6.45, 7) is 0.479. The van der Waals surface area contributed by atoms with Crippen molar-refractivity contribution in [2.45, 2.75) is 56.0 Å². The first kappa shape index (κ1) is 23.8. The number of nitrogens with zero attached hydrogens (tertiary/aromatic N) is 1. The van der Waals surface area contributed by atoms with Gasteiger partial charge in [0.05, 0.1) is 5.92 Å². The Balaban J connectivity index is 1.57. The molecule has 0 spiro atoms. The van der Waals surface area contributed by atoms with E-state index < -0.39 is 35.5 Å². The van der Waals surface area contributed by atoms with Crippen molar-refractivity contribution in [1.82, 2.24) is 4.90 Å². The van der Waals surface area contributed by atoms with Crippen LogP contribution in [0, 0.1) is 17.8 Å². The molecule has 3 aliphatic rings. The van der Waals surface area contributed by atoms with Gasteiger partial charge in [-0.2, -0.15) is 26.3 Å². The third-order valence-corrected chi connectivity index (χ3v) is 7.46. The maximum Gasteiger partial charge on any atom is 0.435 e. The Morgan fingerprint density at radius 3 is 2.18 bits per heavy atom. The Labute approximate surface area is 184 Å². The summed E-state index contributed by atoms with van der Waals surface area (Å²) in [4.78, 5) is 25.7. The molecule has 11 heteroatoms. The summed E-state index contributed by atoms with van der Waals surface area (Å²) >= 11 is 0. The third kappa shape index (κ3) is 3.77. The summed E-state index contributed by atoms with van der Waals surface area (Å²) in [6.07, 6.45) is -10.4. The van der Waals surface area contributed by atoms with Crippen LogP contribution in [0.25, 0.3) is 0 Å². The molecule has 1 amide bonds. The molecule has 4 atom stereocenters. The minimum atomic E-state index is -6.16. The lowest BCUT2D eigenvalue weighted by Gasteiger charge is -2.35. The highest BCUT2D eigenvalue weighted by Crippen LogP contribution is 2.55. The van der Waals surface area contributed by atoms with Crippen LogP contribution >= 0.6 is 0 Å². The van der Waals surface area contributed by atoms with Crippen LogP contribution in [0.2, 0.25) is 0 Å². The highest BCUT2D eigenvalue weighted by molar-refractivity contribution is 5.81. The van der Waals surface area contributed by atoms with Crippen LogP contribution in [0.3, 0.4) is 0 Å². The van der Waals surface area contributed by atoms with Crippen molar-refractivity contribution in [2.24, 2.45) is 17.8 Å². The van der Waals surface area contributed by atoms with E-state index in [0.717, 1.165) is 6.07 Å². The number of hydrogen-bond donors (Lipinski definition) is 1. The zero-order chi connectivity index (χ0) is 24.3. The standard InChI is InChI=1S/C22H22F7NO3/c23-20(21(24,25)26,22(27,28)29)13-2-4-14-11(9-13)1-3-16-15(14)5-6-17(16)18(31)30-8-7-12(10-30)19(32)33/h2,4,9,12,15-17H,1,3,5-8,10H2,(H,32,33)/t12?,15?,16?,17-/m1/s1. The second-order valence-corrected chi connectivity index (χ2v) is 9.17. The highest BCUT2D eigenvalue weighted by Gasteiger charge is 2.73. The molecule has 0 radical (unpaired) electrons. The van der Waals surface area contributed by atoms with Gasteiger partial charge in [0.2, 0.25) is 5.91 Å². The number of aryl methyl sites for hydroxylation is 1. The molecule has 1 saturated carbocycles. The van der Waals surface area contributed by atoms with Gasteiger partial charge < -0.3 is 10.0 Å². The van der Waals surface area contributed by atoms with Crippen molar-refractivity contribution >= 4 is 11.9 Å². The molecule has 2 aliphatic carbocycles. The molecule has 1 aromatic carbocycles. The van der Waals surface area contributed by atoms with Crippen LogP contribution in [-0.2, 0) is 21.7 Å². The van der Waals surface area contributed by atoms with E-state index in [0.29, 0.717) is 49.9 Å². The Hall–Kier alpha value is -2.33. The van der Waals surface area contributed by atoms with Crippen LogP contribution < -0.4 is 0 Å². The number of amides is 1. The Morgan fingerprint density at radius 1 is 0.939 bits per heavy atom. The average Bonchev–Trinajstić information content (AvgIpc) is 3.38. The van der Waals surface area contributed by atoms with Gasteiger partial charge in [0.1, 0.15) is 0 Å². The Bertz CT molecular complexity index is 944. The number of carboxylic acid groups (broad SMARTS) is 1. The number of carbonyl (C=O) groups is 2. The monoisotopic (exact) mass is 481 g/mol. The predicted octanol–water partition coefficient (Wildman–Crippen LogP) is 4.97. The zero-order valence-electron chi connectivity index (χ0n) is 17.3. The molecule has 1 aromatic rings. The molecule has 2 fully saturated rings. The number of carboxylic acids is 1. The number of rotatable bonds is 3. The second kappa shape index (κ2) is 7.87. The number of fused-ring (bicyclic) bond motifs is 3. The van der Waals surface area contributed by atoms with Crippen molar-refractivity contribution in [3.8, 4) is 0 Å². The maximum absolute atomic E-state index is 14.5.